The number of para-hydroxylation sites is 1. The Balaban J connectivity index is 0.00000280. The second kappa shape index (κ2) is 10.7. The number of hydrogen-bond donors (Lipinski definition) is 2. The summed E-state index contributed by atoms with van der Waals surface area (Å²) >= 11 is 12.0. The van der Waals surface area contributed by atoms with Crippen molar-refractivity contribution in [1.82, 2.24) is 15.0 Å². The number of ether oxygens (including phenoxy) is 3. The van der Waals surface area contributed by atoms with E-state index in [1.54, 1.807) is 7.11 Å². The second-order valence-corrected chi connectivity index (χ2v) is 6.60. The zero-order valence-electron chi connectivity index (χ0n) is 15.2. The number of hydrogen-bond acceptors (Lipinski definition) is 6. The lowest BCUT2D eigenvalue weighted by molar-refractivity contribution is 0.150. The van der Waals surface area contributed by atoms with Gasteiger partial charge in [0.05, 0.1) is 19.3 Å². The summed E-state index contributed by atoms with van der Waals surface area (Å²) in [5.41, 5.74) is 8.10. The van der Waals surface area contributed by atoms with E-state index in [9.17, 15) is 0 Å². The van der Waals surface area contributed by atoms with E-state index in [1.807, 2.05) is 24.4 Å². The minimum atomic E-state index is -0.319. The highest BCUT2D eigenvalue weighted by molar-refractivity contribution is 6.33. The van der Waals surface area contributed by atoms with Crippen LogP contribution in [0.1, 0.15) is 5.56 Å². The minimum absolute atomic E-state index is 0. The van der Waals surface area contributed by atoms with Gasteiger partial charge in [0.1, 0.15) is 6.61 Å². The van der Waals surface area contributed by atoms with E-state index in [0.29, 0.717) is 19.6 Å². The number of fused-ring (bicyclic) bond motifs is 1. The second-order valence-electron chi connectivity index (χ2n) is 5.90. The Morgan fingerprint density at radius 3 is 2.71 bits per heavy atom. The number of aromatic amines is 1. The van der Waals surface area contributed by atoms with E-state index in [2.05, 4.69) is 21.0 Å². The van der Waals surface area contributed by atoms with Crippen LogP contribution in [0.5, 0.6) is 11.6 Å². The third-order valence-electron chi connectivity index (χ3n) is 3.87. The van der Waals surface area contributed by atoms with Crippen molar-refractivity contribution in [2.24, 2.45) is 5.73 Å². The maximum Gasteiger partial charge on any atom is 0.263 e. The molecule has 152 valence electrons. The molecule has 0 saturated carbocycles. The van der Waals surface area contributed by atoms with E-state index >= 15 is 0 Å². The lowest BCUT2D eigenvalue weighted by atomic mass is 10.1. The van der Waals surface area contributed by atoms with Gasteiger partial charge in [-0.1, -0.05) is 29.8 Å². The summed E-state index contributed by atoms with van der Waals surface area (Å²) in [6.45, 7) is 0.895. The first kappa shape index (κ1) is 22.5. The van der Waals surface area contributed by atoms with Crippen molar-refractivity contribution in [2.45, 2.75) is 12.5 Å². The predicted molar refractivity (Wildman–Crippen MR) is 112 cm³/mol. The average molecular weight is 448 g/mol. The van der Waals surface area contributed by atoms with Crippen LogP contribution in [0.3, 0.4) is 0 Å². The Morgan fingerprint density at radius 1 is 1.14 bits per heavy atom. The summed E-state index contributed by atoms with van der Waals surface area (Å²) in [7, 11) is 1.57. The standard InChI is InChI=1S/C18H20Cl2N4O3.ClH/c1-25-9-12(21)10-27-15-16(19)23-18(20)24-17(15)26-7-6-11-8-22-14-5-3-2-4-13(11)14;/h2-5,8,12,22H,6-7,9-10,21H2,1H3;1H/t12-;/m1./s1. The van der Waals surface area contributed by atoms with Gasteiger partial charge in [0.25, 0.3) is 5.88 Å². The summed E-state index contributed by atoms with van der Waals surface area (Å²) in [6, 6.07) is 7.76. The molecule has 0 radical (unpaired) electrons. The van der Waals surface area contributed by atoms with Gasteiger partial charge < -0.3 is 24.9 Å². The zero-order chi connectivity index (χ0) is 19.2. The van der Waals surface area contributed by atoms with Crippen LogP contribution < -0.4 is 15.2 Å². The molecule has 1 atom stereocenters. The van der Waals surface area contributed by atoms with Crippen molar-refractivity contribution in [1.29, 1.82) is 0 Å². The van der Waals surface area contributed by atoms with Gasteiger partial charge in [-0.05, 0) is 23.2 Å². The first-order chi connectivity index (χ1) is 13.1. The van der Waals surface area contributed by atoms with Crippen LogP contribution in [-0.4, -0.2) is 47.9 Å². The number of aromatic nitrogens is 3. The van der Waals surface area contributed by atoms with E-state index in [1.165, 1.54) is 0 Å². The van der Waals surface area contributed by atoms with Crippen LogP contribution in [0.2, 0.25) is 10.4 Å². The molecule has 2 aromatic heterocycles. The maximum atomic E-state index is 6.13. The number of nitrogens with one attached hydrogen (secondary N) is 1. The molecule has 0 amide bonds. The molecule has 0 unspecified atom stereocenters. The van der Waals surface area contributed by atoms with E-state index in [4.69, 9.17) is 43.1 Å². The van der Waals surface area contributed by atoms with E-state index in [-0.39, 0.29) is 47.1 Å². The number of halogens is 3. The number of nitrogens with zero attached hydrogens (tertiary/aromatic N) is 2. The number of nitrogens with two attached hydrogens (primary N) is 1. The van der Waals surface area contributed by atoms with Crippen molar-refractivity contribution in [3.63, 3.8) is 0 Å². The molecule has 0 bridgehead atoms. The molecule has 3 rings (SSSR count). The highest BCUT2D eigenvalue weighted by Crippen LogP contribution is 2.33. The van der Waals surface area contributed by atoms with E-state index in [0.717, 1.165) is 16.5 Å². The van der Waals surface area contributed by atoms with Gasteiger partial charge in [0.15, 0.2) is 5.15 Å². The van der Waals surface area contributed by atoms with Gasteiger partial charge >= 0.3 is 0 Å². The summed E-state index contributed by atoms with van der Waals surface area (Å²) < 4.78 is 16.4. The van der Waals surface area contributed by atoms with Crippen molar-refractivity contribution in [3.8, 4) is 11.6 Å². The van der Waals surface area contributed by atoms with Crippen molar-refractivity contribution in [2.75, 3.05) is 26.9 Å². The molecule has 0 aliphatic carbocycles. The normalized spacial score (nSPS) is 11.9. The molecule has 0 fully saturated rings. The summed E-state index contributed by atoms with van der Waals surface area (Å²) in [4.78, 5) is 11.2. The van der Waals surface area contributed by atoms with Gasteiger partial charge in [-0.3, -0.25) is 0 Å². The number of methoxy groups -OCH3 is 1. The van der Waals surface area contributed by atoms with Gasteiger partial charge in [-0.15, -0.1) is 12.4 Å². The fraction of sp³-hybridized carbons (Fsp3) is 0.333. The van der Waals surface area contributed by atoms with Gasteiger partial charge in [-0.25, -0.2) is 4.98 Å². The number of H-pyrrole nitrogens is 1. The first-order valence-electron chi connectivity index (χ1n) is 8.36. The Hall–Kier alpha value is -1.77. The van der Waals surface area contributed by atoms with Gasteiger partial charge in [0, 0.05) is 30.6 Å². The van der Waals surface area contributed by atoms with Crippen molar-refractivity contribution >= 4 is 46.5 Å². The molecule has 0 aliphatic rings. The van der Waals surface area contributed by atoms with Crippen molar-refractivity contribution in [3.05, 3.63) is 46.5 Å². The van der Waals surface area contributed by atoms with Crippen LogP contribution in [-0.2, 0) is 11.2 Å². The fourth-order valence-corrected chi connectivity index (χ4v) is 3.07. The SMILES string of the molecule is COC[C@@H](N)COc1c(Cl)nc(Cl)nc1OCCc1c[nH]c2ccccc12.Cl. The molecule has 0 aliphatic heterocycles. The highest BCUT2D eigenvalue weighted by atomic mass is 35.5. The quantitative estimate of drug-likeness (QED) is 0.384. The average Bonchev–Trinajstić information content (AvgIpc) is 3.04. The Kier molecular flexibility index (Phi) is 8.59. The molecule has 0 spiro atoms. The summed E-state index contributed by atoms with van der Waals surface area (Å²) in [5, 5.41) is 1.21. The van der Waals surface area contributed by atoms with E-state index < -0.39 is 0 Å². The lowest BCUT2D eigenvalue weighted by Gasteiger charge is -2.15. The lowest BCUT2D eigenvalue weighted by Crippen LogP contribution is -2.32. The Labute approximate surface area is 178 Å². The Bertz CT molecular complexity index is 907. The van der Waals surface area contributed by atoms with Crippen LogP contribution in [0, 0.1) is 0 Å². The highest BCUT2D eigenvalue weighted by Gasteiger charge is 2.17. The van der Waals surface area contributed by atoms with Gasteiger partial charge in [0.2, 0.25) is 11.0 Å². The largest absolute Gasteiger partial charge is 0.484 e. The number of benzene rings is 1. The van der Waals surface area contributed by atoms with Crippen molar-refractivity contribution < 1.29 is 14.2 Å². The number of rotatable bonds is 9. The zero-order valence-corrected chi connectivity index (χ0v) is 17.5. The Morgan fingerprint density at radius 2 is 1.93 bits per heavy atom. The predicted octanol–water partition coefficient (Wildman–Crippen LogP) is 3.66. The monoisotopic (exact) mass is 446 g/mol. The molecule has 7 nitrogen and oxygen atoms in total. The molecule has 1 aromatic carbocycles. The third-order valence-corrected chi connectivity index (χ3v) is 4.30. The molecular weight excluding hydrogens is 427 g/mol. The maximum absolute atomic E-state index is 6.13. The van der Waals surface area contributed by atoms with Crippen LogP contribution in [0.15, 0.2) is 30.5 Å². The molecule has 28 heavy (non-hydrogen) atoms. The molecule has 3 aromatic rings. The topological polar surface area (TPSA) is 95.3 Å². The molecule has 2 heterocycles. The van der Waals surface area contributed by atoms with Crippen LogP contribution >= 0.6 is 35.6 Å². The first-order valence-corrected chi connectivity index (χ1v) is 9.12. The molecule has 0 saturated heterocycles. The molecule has 3 N–H and O–H groups in total. The molecule has 10 heteroatoms. The summed E-state index contributed by atoms with van der Waals surface area (Å²) in [6.07, 6.45) is 2.64. The van der Waals surface area contributed by atoms with Gasteiger partial charge in [-0.2, -0.15) is 4.98 Å². The molecular formula is C18H21Cl3N4O3. The summed E-state index contributed by atoms with van der Waals surface area (Å²) in [5.74, 6) is 0.399. The fourth-order valence-electron chi connectivity index (χ4n) is 2.65. The minimum Gasteiger partial charge on any atom is -0.484 e. The smallest absolute Gasteiger partial charge is 0.263 e. The van der Waals surface area contributed by atoms with Crippen LogP contribution in [0.4, 0.5) is 0 Å². The third kappa shape index (κ3) is 5.62. The van der Waals surface area contributed by atoms with Crippen LogP contribution in [0.25, 0.3) is 10.9 Å².